The number of hydrogen-bond donors (Lipinski definition) is 3. The van der Waals surface area contributed by atoms with E-state index >= 15 is 0 Å². The minimum Gasteiger partial charge on any atom is -0.368 e. The van der Waals surface area contributed by atoms with Gasteiger partial charge in [0.05, 0.1) is 6.54 Å². The van der Waals surface area contributed by atoms with Gasteiger partial charge in [-0.2, -0.15) is 0 Å². The maximum absolute atomic E-state index is 11.5. The number of carbonyl (C=O) groups excluding carboxylic acids is 2. The van der Waals surface area contributed by atoms with Crippen LogP contribution in [0.1, 0.15) is 32.1 Å². The van der Waals surface area contributed by atoms with Crippen molar-refractivity contribution >= 4 is 11.8 Å². The second-order valence-electron chi connectivity index (χ2n) is 4.92. The van der Waals surface area contributed by atoms with Gasteiger partial charge in [0.2, 0.25) is 11.8 Å². The molecule has 0 aromatic heterocycles. The average Bonchev–Trinajstić information content (AvgIpc) is 2.55. The fraction of sp³-hybridized carbons (Fsp3) is 0.818. The van der Waals surface area contributed by atoms with E-state index in [9.17, 15) is 9.59 Å². The summed E-state index contributed by atoms with van der Waals surface area (Å²) in [5.41, 5.74) is 4.96. The first kappa shape index (κ1) is 11.4. The zero-order valence-corrected chi connectivity index (χ0v) is 9.37. The van der Waals surface area contributed by atoms with E-state index in [2.05, 4.69) is 10.6 Å². The maximum Gasteiger partial charge on any atom is 0.236 e. The Kier molecular flexibility index (Phi) is 3.43. The van der Waals surface area contributed by atoms with Crippen molar-refractivity contribution in [1.82, 2.24) is 10.6 Å². The van der Waals surface area contributed by atoms with Crippen molar-refractivity contribution in [3.8, 4) is 0 Å². The molecule has 0 aliphatic carbocycles. The number of nitrogens with one attached hydrogen (secondary N) is 2. The number of amides is 2. The highest BCUT2D eigenvalue weighted by Crippen LogP contribution is 2.32. The number of carbonyl (C=O) groups is 2. The summed E-state index contributed by atoms with van der Waals surface area (Å²) < 4.78 is 0. The molecule has 2 bridgehead atoms. The normalized spacial score (nSPS) is 32.4. The molecule has 0 aromatic rings. The van der Waals surface area contributed by atoms with E-state index in [1.807, 2.05) is 0 Å². The van der Waals surface area contributed by atoms with Crippen molar-refractivity contribution in [3.63, 3.8) is 0 Å². The lowest BCUT2D eigenvalue weighted by Gasteiger charge is -2.28. The van der Waals surface area contributed by atoms with Crippen LogP contribution in [0, 0.1) is 5.92 Å². The molecule has 0 radical (unpaired) electrons. The molecular weight excluding hydrogens is 206 g/mol. The molecule has 2 amide bonds. The molecule has 2 atom stereocenters. The number of fused-ring (bicyclic) bond motifs is 2. The van der Waals surface area contributed by atoms with Gasteiger partial charge in [-0.25, -0.2) is 0 Å². The van der Waals surface area contributed by atoms with Crippen LogP contribution in [0.15, 0.2) is 0 Å². The molecule has 2 fully saturated rings. The van der Waals surface area contributed by atoms with Crippen molar-refractivity contribution in [3.05, 3.63) is 0 Å². The molecule has 2 unspecified atom stereocenters. The van der Waals surface area contributed by atoms with Gasteiger partial charge in [-0.1, -0.05) is 0 Å². The highest BCUT2D eigenvalue weighted by molar-refractivity contribution is 5.83. The Balaban J connectivity index is 1.73. The molecule has 2 rings (SSSR count). The van der Waals surface area contributed by atoms with Crippen LogP contribution >= 0.6 is 0 Å². The molecule has 5 nitrogen and oxygen atoms in total. The van der Waals surface area contributed by atoms with E-state index in [-0.39, 0.29) is 12.5 Å². The van der Waals surface area contributed by atoms with Crippen molar-refractivity contribution in [1.29, 1.82) is 0 Å². The maximum atomic E-state index is 11.5. The lowest BCUT2D eigenvalue weighted by molar-refractivity contribution is -0.125. The predicted octanol–water partition coefficient (Wildman–Crippen LogP) is -0.491. The topological polar surface area (TPSA) is 84.2 Å². The molecule has 2 aliphatic rings. The Morgan fingerprint density at radius 3 is 2.44 bits per heavy atom. The molecule has 90 valence electrons. The molecule has 2 heterocycles. The smallest absolute Gasteiger partial charge is 0.236 e. The van der Waals surface area contributed by atoms with Crippen LogP contribution in [0.25, 0.3) is 0 Å². The summed E-state index contributed by atoms with van der Waals surface area (Å²) in [7, 11) is 0. The SMILES string of the molecule is NC(=O)CNC(=O)CC1CC2CCC(C1)N2. The Labute approximate surface area is 95.1 Å². The first-order valence-corrected chi connectivity index (χ1v) is 5.94. The van der Waals surface area contributed by atoms with Gasteiger partial charge in [-0.3, -0.25) is 9.59 Å². The van der Waals surface area contributed by atoms with Crippen LogP contribution < -0.4 is 16.4 Å². The third-order valence-electron chi connectivity index (χ3n) is 3.50. The van der Waals surface area contributed by atoms with Gasteiger partial charge in [0.1, 0.15) is 0 Å². The van der Waals surface area contributed by atoms with E-state index in [0.717, 1.165) is 12.8 Å². The summed E-state index contributed by atoms with van der Waals surface area (Å²) in [6.07, 6.45) is 5.18. The predicted molar refractivity (Wildman–Crippen MR) is 59.5 cm³/mol. The molecule has 5 heteroatoms. The minimum atomic E-state index is -0.487. The highest BCUT2D eigenvalue weighted by Gasteiger charge is 2.34. The second kappa shape index (κ2) is 4.82. The number of nitrogens with two attached hydrogens (primary N) is 1. The van der Waals surface area contributed by atoms with Crippen LogP contribution in [0.5, 0.6) is 0 Å². The van der Waals surface area contributed by atoms with Gasteiger partial charge in [-0.05, 0) is 31.6 Å². The monoisotopic (exact) mass is 225 g/mol. The third kappa shape index (κ3) is 2.95. The Hall–Kier alpha value is -1.10. The molecule has 0 aromatic carbocycles. The van der Waals surface area contributed by atoms with Crippen molar-refractivity contribution in [2.45, 2.75) is 44.2 Å². The van der Waals surface area contributed by atoms with Gasteiger partial charge in [0.25, 0.3) is 0 Å². The Morgan fingerprint density at radius 2 is 1.88 bits per heavy atom. The quantitative estimate of drug-likeness (QED) is 0.603. The standard InChI is InChI=1S/C11H19N3O2/c12-10(15)6-13-11(16)5-7-3-8-1-2-9(4-7)14-8/h7-9,14H,1-6H2,(H2,12,15)(H,13,16). The molecule has 4 N–H and O–H groups in total. The van der Waals surface area contributed by atoms with Crippen molar-refractivity contribution < 1.29 is 9.59 Å². The fourth-order valence-electron chi connectivity index (χ4n) is 2.86. The summed E-state index contributed by atoms with van der Waals surface area (Å²) in [6, 6.07) is 1.21. The van der Waals surface area contributed by atoms with E-state index in [0.29, 0.717) is 24.4 Å². The van der Waals surface area contributed by atoms with Gasteiger partial charge >= 0.3 is 0 Å². The summed E-state index contributed by atoms with van der Waals surface area (Å²) >= 11 is 0. The van der Waals surface area contributed by atoms with Crippen LogP contribution in [0.2, 0.25) is 0 Å². The highest BCUT2D eigenvalue weighted by atomic mass is 16.2. The summed E-state index contributed by atoms with van der Waals surface area (Å²) in [4.78, 5) is 22.0. The van der Waals surface area contributed by atoms with Crippen LogP contribution in [0.3, 0.4) is 0 Å². The number of hydrogen-bond acceptors (Lipinski definition) is 3. The molecule has 2 aliphatic heterocycles. The van der Waals surface area contributed by atoms with Crippen LogP contribution in [-0.4, -0.2) is 30.4 Å². The van der Waals surface area contributed by atoms with Gasteiger partial charge in [-0.15, -0.1) is 0 Å². The molecule has 16 heavy (non-hydrogen) atoms. The molecule has 0 saturated carbocycles. The van der Waals surface area contributed by atoms with Gasteiger partial charge in [0, 0.05) is 18.5 Å². The molecular formula is C11H19N3O2. The van der Waals surface area contributed by atoms with Crippen molar-refractivity contribution in [2.24, 2.45) is 11.7 Å². The molecule has 2 saturated heterocycles. The Bertz CT molecular complexity index is 281. The van der Waals surface area contributed by atoms with Crippen LogP contribution in [0.4, 0.5) is 0 Å². The van der Waals surface area contributed by atoms with Gasteiger partial charge < -0.3 is 16.4 Å². The third-order valence-corrected chi connectivity index (χ3v) is 3.50. The number of piperidine rings is 1. The van der Waals surface area contributed by atoms with Crippen molar-refractivity contribution in [2.75, 3.05) is 6.54 Å². The summed E-state index contributed by atoms with van der Waals surface area (Å²) in [6.45, 7) is -0.0450. The second-order valence-corrected chi connectivity index (χ2v) is 4.92. The zero-order valence-electron chi connectivity index (χ0n) is 9.37. The Morgan fingerprint density at radius 1 is 1.25 bits per heavy atom. The zero-order chi connectivity index (χ0) is 11.5. The van der Waals surface area contributed by atoms with Gasteiger partial charge in [0.15, 0.2) is 0 Å². The summed E-state index contributed by atoms with van der Waals surface area (Å²) in [5.74, 6) is -0.0737. The number of rotatable bonds is 4. The van der Waals surface area contributed by atoms with E-state index in [1.54, 1.807) is 0 Å². The lowest BCUT2D eigenvalue weighted by Crippen LogP contribution is -2.40. The lowest BCUT2D eigenvalue weighted by atomic mass is 9.89. The fourth-order valence-corrected chi connectivity index (χ4v) is 2.86. The average molecular weight is 225 g/mol. The largest absolute Gasteiger partial charge is 0.368 e. The number of primary amides is 1. The first-order chi connectivity index (χ1) is 7.63. The summed E-state index contributed by atoms with van der Waals surface area (Å²) in [5, 5.41) is 6.08. The molecule has 0 spiro atoms. The van der Waals surface area contributed by atoms with E-state index < -0.39 is 5.91 Å². The van der Waals surface area contributed by atoms with Crippen LogP contribution in [-0.2, 0) is 9.59 Å². The van der Waals surface area contributed by atoms with E-state index in [1.165, 1.54) is 12.8 Å². The first-order valence-electron chi connectivity index (χ1n) is 5.94. The van der Waals surface area contributed by atoms with E-state index in [4.69, 9.17) is 5.73 Å². The minimum absolute atomic E-state index is 0.0450.